The van der Waals surface area contributed by atoms with Crippen molar-refractivity contribution in [3.8, 4) is 0 Å². The van der Waals surface area contributed by atoms with Gasteiger partial charge in [0.15, 0.2) is 0 Å². The standard InChI is InChI=1S/C15H21NOS/c1-11-7-6-8-12(2)16(11)15(17)13-9-4-5-10-14(13)18-3/h4-5,9-12H,6-8H2,1-3H3/t11-,12-/m0/s1. The molecule has 0 saturated carbocycles. The van der Waals surface area contributed by atoms with Gasteiger partial charge in [-0.2, -0.15) is 0 Å². The van der Waals surface area contributed by atoms with Crippen LogP contribution >= 0.6 is 11.8 Å². The van der Waals surface area contributed by atoms with Gasteiger partial charge in [0.05, 0.1) is 5.56 Å². The molecule has 3 heteroatoms. The minimum Gasteiger partial charge on any atom is -0.333 e. The Morgan fingerprint density at radius 1 is 1.22 bits per heavy atom. The topological polar surface area (TPSA) is 20.3 Å². The quantitative estimate of drug-likeness (QED) is 0.756. The summed E-state index contributed by atoms with van der Waals surface area (Å²) in [4.78, 5) is 15.9. The lowest BCUT2D eigenvalue weighted by atomic mass is 9.96. The summed E-state index contributed by atoms with van der Waals surface area (Å²) in [6, 6.07) is 8.63. The summed E-state index contributed by atoms with van der Waals surface area (Å²) in [7, 11) is 0. The Morgan fingerprint density at radius 3 is 2.44 bits per heavy atom. The molecule has 2 nitrogen and oxygen atoms in total. The predicted octanol–water partition coefficient (Wildman–Crippen LogP) is 3.81. The van der Waals surface area contributed by atoms with Gasteiger partial charge < -0.3 is 4.90 Å². The highest BCUT2D eigenvalue weighted by molar-refractivity contribution is 7.98. The summed E-state index contributed by atoms with van der Waals surface area (Å²) < 4.78 is 0. The maximum Gasteiger partial charge on any atom is 0.255 e. The highest BCUT2D eigenvalue weighted by Gasteiger charge is 2.30. The van der Waals surface area contributed by atoms with Gasteiger partial charge in [0.2, 0.25) is 0 Å². The number of rotatable bonds is 2. The molecule has 2 rings (SSSR count). The SMILES string of the molecule is CSc1ccccc1C(=O)N1[C@@H](C)CCC[C@@H]1C. The summed E-state index contributed by atoms with van der Waals surface area (Å²) in [5.41, 5.74) is 0.852. The van der Waals surface area contributed by atoms with Crippen molar-refractivity contribution in [3.05, 3.63) is 29.8 Å². The van der Waals surface area contributed by atoms with Crippen molar-refractivity contribution in [1.82, 2.24) is 4.90 Å². The normalized spacial score (nSPS) is 24.1. The zero-order chi connectivity index (χ0) is 13.1. The molecule has 0 aromatic heterocycles. The molecule has 0 unspecified atom stereocenters. The molecule has 0 radical (unpaired) electrons. The largest absolute Gasteiger partial charge is 0.333 e. The number of amides is 1. The highest BCUT2D eigenvalue weighted by atomic mass is 32.2. The van der Waals surface area contributed by atoms with Crippen LogP contribution < -0.4 is 0 Å². The van der Waals surface area contributed by atoms with E-state index < -0.39 is 0 Å². The molecule has 0 N–H and O–H groups in total. The maximum absolute atomic E-state index is 12.7. The van der Waals surface area contributed by atoms with E-state index in [0.29, 0.717) is 12.1 Å². The third kappa shape index (κ3) is 2.56. The van der Waals surface area contributed by atoms with E-state index in [0.717, 1.165) is 23.3 Å². The monoisotopic (exact) mass is 263 g/mol. The van der Waals surface area contributed by atoms with Gasteiger partial charge in [-0.3, -0.25) is 4.79 Å². The van der Waals surface area contributed by atoms with Crippen LogP contribution in [0.2, 0.25) is 0 Å². The van der Waals surface area contributed by atoms with E-state index in [2.05, 4.69) is 18.7 Å². The molecule has 1 aliphatic heterocycles. The Bertz CT molecular complexity index is 422. The molecule has 0 spiro atoms. The fourth-order valence-electron chi connectivity index (χ4n) is 2.78. The van der Waals surface area contributed by atoms with Gasteiger partial charge in [0.1, 0.15) is 0 Å². The molecular formula is C15H21NOS. The molecule has 1 fully saturated rings. The lowest BCUT2D eigenvalue weighted by Gasteiger charge is -2.39. The van der Waals surface area contributed by atoms with Crippen LogP contribution in [0.15, 0.2) is 29.2 Å². The average molecular weight is 263 g/mol. The maximum atomic E-state index is 12.7. The van der Waals surface area contributed by atoms with Crippen molar-refractivity contribution >= 4 is 17.7 Å². The number of carbonyl (C=O) groups is 1. The Morgan fingerprint density at radius 2 is 1.83 bits per heavy atom. The number of hydrogen-bond acceptors (Lipinski definition) is 2. The second kappa shape index (κ2) is 5.79. The molecule has 0 bridgehead atoms. The lowest BCUT2D eigenvalue weighted by molar-refractivity contribution is 0.0507. The van der Waals surface area contributed by atoms with E-state index in [4.69, 9.17) is 0 Å². The second-order valence-electron chi connectivity index (χ2n) is 5.04. The van der Waals surface area contributed by atoms with Gasteiger partial charge >= 0.3 is 0 Å². The van der Waals surface area contributed by atoms with Crippen molar-refractivity contribution in [2.24, 2.45) is 0 Å². The third-order valence-corrected chi connectivity index (χ3v) is 4.56. The molecule has 1 aromatic carbocycles. The van der Waals surface area contributed by atoms with Gasteiger partial charge in [-0.05, 0) is 51.5 Å². The van der Waals surface area contributed by atoms with Crippen LogP contribution in [0, 0.1) is 0 Å². The first-order valence-corrected chi connectivity index (χ1v) is 7.83. The first-order chi connectivity index (χ1) is 8.65. The van der Waals surface area contributed by atoms with Gasteiger partial charge in [-0.25, -0.2) is 0 Å². The summed E-state index contributed by atoms with van der Waals surface area (Å²) >= 11 is 1.64. The Kier molecular flexibility index (Phi) is 4.33. The number of thioether (sulfide) groups is 1. The molecular weight excluding hydrogens is 242 g/mol. The van der Waals surface area contributed by atoms with Crippen LogP contribution in [0.4, 0.5) is 0 Å². The smallest absolute Gasteiger partial charge is 0.255 e. The number of hydrogen-bond donors (Lipinski definition) is 0. The van der Waals surface area contributed by atoms with Gasteiger partial charge in [-0.15, -0.1) is 11.8 Å². The molecule has 18 heavy (non-hydrogen) atoms. The Labute approximate surface area is 114 Å². The molecule has 1 heterocycles. The number of piperidine rings is 1. The average Bonchev–Trinajstić information content (AvgIpc) is 2.38. The highest BCUT2D eigenvalue weighted by Crippen LogP contribution is 2.28. The molecule has 0 aliphatic carbocycles. The van der Waals surface area contributed by atoms with E-state index in [-0.39, 0.29) is 5.91 Å². The first kappa shape index (κ1) is 13.5. The van der Waals surface area contributed by atoms with Crippen LogP contribution in [0.25, 0.3) is 0 Å². The van der Waals surface area contributed by atoms with Crippen LogP contribution in [0.5, 0.6) is 0 Å². The number of likely N-dealkylation sites (tertiary alicyclic amines) is 1. The summed E-state index contributed by atoms with van der Waals surface area (Å²) in [6.07, 6.45) is 5.50. The van der Waals surface area contributed by atoms with Crippen LogP contribution in [-0.4, -0.2) is 29.1 Å². The Hall–Kier alpha value is -0.960. The summed E-state index contributed by atoms with van der Waals surface area (Å²) in [5.74, 6) is 0.194. The van der Waals surface area contributed by atoms with E-state index in [1.165, 1.54) is 6.42 Å². The molecule has 1 saturated heterocycles. The molecule has 1 amide bonds. The van der Waals surface area contributed by atoms with Crippen molar-refractivity contribution in [2.75, 3.05) is 6.26 Å². The fourth-order valence-corrected chi connectivity index (χ4v) is 3.37. The van der Waals surface area contributed by atoms with Gasteiger partial charge in [0, 0.05) is 17.0 Å². The van der Waals surface area contributed by atoms with E-state index in [1.54, 1.807) is 11.8 Å². The summed E-state index contributed by atoms with van der Waals surface area (Å²) in [6.45, 7) is 4.32. The molecule has 98 valence electrons. The predicted molar refractivity (Wildman–Crippen MR) is 77.2 cm³/mol. The van der Waals surface area contributed by atoms with E-state index >= 15 is 0 Å². The molecule has 2 atom stereocenters. The lowest BCUT2D eigenvalue weighted by Crippen LogP contribution is -2.47. The second-order valence-corrected chi connectivity index (χ2v) is 5.89. The van der Waals surface area contributed by atoms with E-state index in [1.807, 2.05) is 30.5 Å². The van der Waals surface area contributed by atoms with E-state index in [9.17, 15) is 4.79 Å². The van der Waals surface area contributed by atoms with Crippen molar-refractivity contribution in [2.45, 2.75) is 50.1 Å². The first-order valence-electron chi connectivity index (χ1n) is 6.61. The minimum absolute atomic E-state index is 0.194. The zero-order valence-electron chi connectivity index (χ0n) is 11.3. The summed E-state index contributed by atoms with van der Waals surface area (Å²) in [5, 5.41) is 0. The zero-order valence-corrected chi connectivity index (χ0v) is 12.2. The van der Waals surface area contributed by atoms with Crippen molar-refractivity contribution in [3.63, 3.8) is 0 Å². The minimum atomic E-state index is 0.194. The van der Waals surface area contributed by atoms with Gasteiger partial charge in [0.25, 0.3) is 5.91 Å². The number of carbonyl (C=O) groups excluding carboxylic acids is 1. The molecule has 1 aromatic rings. The fraction of sp³-hybridized carbons (Fsp3) is 0.533. The van der Waals surface area contributed by atoms with Crippen LogP contribution in [0.1, 0.15) is 43.5 Å². The van der Waals surface area contributed by atoms with Crippen molar-refractivity contribution in [1.29, 1.82) is 0 Å². The molecule has 1 aliphatic rings. The number of benzene rings is 1. The van der Waals surface area contributed by atoms with Crippen LogP contribution in [0.3, 0.4) is 0 Å². The number of nitrogens with zero attached hydrogens (tertiary/aromatic N) is 1. The van der Waals surface area contributed by atoms with Crippen molar-refractivity contribution < 1.29 is 4.79 Å². The van der Waals surface area contributed by atoms with Crippen LogP contribution in [-0.2, 0) is 0 Å². The third-order valence-electron chi connectivity index (χ3n) is 3.77. The Balaban J connectivity index is 2.29. The van der Waals surface area contributed by atoms with Gasteiger partial charge in [-0.1, -0.05) is 12.1 Å².